The van der Waals surface area contributed by atoms with Crippen molar-refractivity contribution in [3.63, 3.8) is 0 Å². The second kappa shape index (κ2) is 10.4. The number of piperidine rings is 1. The minimum atomic E-state index is -0.175. The summed E-state index contributed by atoms with van der Waals surface area (Å²) in [4.78, 5) is 19.5. The van der Waals surface area contributed by atoms with Crippen molar-refractivity contribution in [1.29, 1.82) is 0 Å². The van der Waals surface area contributed by atoms with Gasteiger partial charge in [-0.15, -0.1) is 0 Å². The van der Waals surface area contributed by atoms with E-state index in [1.165, 1.54) is 0 Å². The van der Waals surface area contributed by atoms with Crippen LogP contribution in [0.15, 0.2) is 60.9 Å². The number of likely N-dealkylation sites (tertiary alicyclic amines) is 1. The number of para-hydroxylation sites is 1. The third-order valence-corrected chi connectivity index (χ3v) is 7.37. The van der Waals surface area contributed by atoms with Gasteiger partial charge in [-0.25, -0.2) is 0 Å². The highest BCUT2D eigenvalue weighted by atomic mass is 16.6. The Morgan fingerprint density at radius 1 is 1.18 bits per heavy atom. The van der Waals surface area contributed by atoms with Gasteiger partial charge in [0.15, 0.2) is 0 Å². The summed E-state index contributed by atoms with van der Waals surface area (Å²) in [5.41, 5.74) is 11.3. The second-order valence-electron chi connectivity index (χ2n) is 10.0. The Kier molecular flexibility index (Phi) is 6.70. The van der Waals surface area contributed by atoms with E-state index in [0.29, 0.717) is 29.6 Å². The van der Waals surface area contributed by atoms with Crippen LogP contribution in [-0.4, -0.2) is 65.0 Å². The molecule has 9 heteroatoms. The number of amides is 1. The normalized spacial score (nSPS) is 19.4. The van der Waals surface area contributed by atoms with Crippen LogP contribution in [0, 0.1) is 0 Å². The number of methoxy groups -OCH3 is 1. The van der Waals surface area contributed by atoms with Gasteiger partial charge in [0.1, 0.15) is 11.4 Å². The predicted octanol–water partition coefficient (Wildman–Crippen LogP) is 3.65. The SMILES string of the molecule is COc1ccccc1C(=O)NCc1ccc(-c2nn([C@@H]3CCCN(C[C@@H]4CO4)C3)c3cncc(N)c23)cc1. The smallest absolute Gasteiger partial charge is 0.255 e. The molecule has 0 bridgehead atoms. The number of ether oxygens (including phenoxy) is 2. The van der Waals surface area contributed by atoms with Crippen molar-refractivity contribution in [3.8, 4) is 17.0 Å². The number of epoxide rings is 1. The van der Waals surface area contributed by atoms with Crippen LogP contribution in [0.1, 0.15) is 34.8 Å². The van der Waals surface area contributed by atoms with Crippen LogP contribution in [0.25, 0.3) is 22.2 Å². The number of rotatable bonds is 8. The van der Waals surface area contributed by atoms with E-state index in [2.05, 4.69) is 19.9 Å². The number of pyridine rings is 1. The van der Waals surface area contributed by atoms with Gasteiger partial charge in [0, 0.05) is 25.2 Å². The summed E-state index contributed by atoms with van der Waals surface area (Å²) in [5.74, 6) is 0.378. The summed E-state index contributed by atoms with van der Waals surface area (Å²) < 4.78 is 12.9. The van der Waals surface area contributed by atoms with Gasteiger partial charge < -0.3 is 20.5 Å². The van der Waals surface area contributed by atoms with Gasteiger partial charge in [0.25, 0.3) is 5.91 Å². The van der Waals surface area contributed by atoms with Crippen LogP contribution in [0.5, 0.6) is 5.75 Å². The summed E-state index contributed by atoms with van der Waals surface area (Å²) >= 11 is 0. The molecule has 0 unspecified atom stereocenters. The van der Waals surface area contributed by atoms with Crippen molar-refractivity contribution in [2.24, 2.45) is 0 Å². The Hall–Kier alpha value is -3.95. The Balaban J connectivity index is 1.22. The third-order valence-electron chi connectivity index (χ3n) is 7.37. The minimum Gasteiger partial charge on any atom is -0.496 e. The number of nitrogen functional groups attached to an aromatic ring is 1. The number of hydrogen-bond donors (Lipinski definition) is 2. The van der Waals surface area contributed by atoms with Gasteiger partial charge >= 0.3 is 0 Å². The van der Waals surface area contributed by atoms with E-state index in [9.17, 15) is 4.79 Å². The van der Waals surface area contributed by atoms with Crippen molar-refractivity contribution in [3.05, 3.63) is 72.1 Å². The number of anilines is 1. The van der Waals surface area contributed by atoms with Crippen molar-refractivity contribution in [2.45, 2.75) is 31.5 Å². The number of nitrogens with zero attached hydrogens (tertiary/aromatic N) is 4. The first kappa shape index (κ1) is 24.4. The molecule has 0 aliphatic carbocycles. The summed E-state index contributed by atoms with van der Waals surface area (Å²) in [6, 6.07) is 15.5. The van der Waals surface area contributed by atoms with Crippen LogP contribution in [0.2, 0.25) is 0 Å². The average molecular weight is 513 g/mol. The number of carbonyl (C=O) groups excluding carboxylic acids is 1. The predicted molar refractivity (Wildman–Crippen MR) is 146 cm³/mol. The van der Waals surface area contributed by atoms with E-state index in [1.54, 1.807) is 25.4 Å². The molecule has 196 valence electrons. The molecule has 1 amide bonds. The van der Waals surface area contributed by atoms with Crippen LogP contribution in [0.4, 0.5) is 5.69 Å². The van der Waals surface area contributed by atoms with Gasteiger partial charge in [0.05, 0.1) is 60.4 Å². The van der Waals surface area contributed by atoms with Crippen molar-refractivity contribution >= 4 is 22.5 Å². The highest BCUT2D eigenvalue weighted by molar-refractivity contribution is 6.01. The minimum absolute atomic E-state index is 0.175. The number of nitrogens with two attached hydrogens (primary N) is 1. The van der Waals surface area contributed by atoms with Gasteiger partial charge in [-0.1, -0.05) is 36.4 Å². The molecular weight excluding hydrogens is 480 g/mol. The van der Waals surface area contributed by atoms with E-state index in [-0.39, 0.29) is 11.9 Å². The molecular formula is C29H32N6O3. The van der Waals surface area contributed by atoms with Crippen LogP contribution in [0.3, 0.4) is 0 Å². The lowest BCUT2D eigenvalue weighted by Crippen LogP contribution is -2.39. The second-order valence-corrected chi connectivity index (χ2v) is 10.0. The molecule has 2 aliphatic rings. The fourth-order valence-corrected chi connectivity index (χ4v) is 5.34. The van der Waals surface area contributed by atoms with Gasteiger partial charge in [0.2, 0.25) is 0 Å². The molecule has 2 atom stereocenters. The maximum absolute atomic E-state index is 12.7. The number of fused-ring (bicyclic) bond motifs is 1. The molecule has 2 aromatic heterocycles. The lowest BCUT2D eigenvalue weighted by molar-refractivity contribution is 0.0948. The Bertz CT molecular complexity index is 1450. The molecule has 2 saturated heterocycles. The lowest BCUT2D eigenvalue weighted by Gasteiger charge is -2.32. The van der Waals surface area contributed by atoms with Crippen LogP contribution >= 0.6 is 0 Å². The number of hydrogen-bond acceptors (Lipinski definition) is 7. The maximum atomic E-state index is 12.7. The molecule has 2 aliphatic heterocycles. The molecule has 2 fully saturated rings. The van der Waals surface area contributed by atoms with E-state index >= 15 is 0 Å². The van der Waals surface area contributed by atoms with E-state index in [4.69, 9.17) is 20.3 Å². The van der Waals surface area contributed by atoms with Crippen molar-refractivity contribution in [1.82, 2.24) is 25.0 Å². The number of aromatic nitrogens is 3. The standard InChI is InChI=1S/C29H32N6O3/c1-37-26-7-3-2-6-23(26)29(36)32-13-19-8-10-20(11-9-19)28-27-24(30)14-31-15-25(27)35(33-28)21-5-4-12-34(16-21)17-22-18-38-22/h2-3,6-11,14-15,21-22H,4-5,12-13,16-18,30H2,1H3,(H,32,36)/t21-,22-/m1/s1. The Morgan fingerprint density at radius 2 is 2.00 bits per heavy atom. The van der Waals surface area contributed by atoms with E-state index in [0.717, 1.165) is 66.8 Å². The molecule has 9 nitrogen and oxygen atoms in total. The quantitative estimate of drug-likeness (QED) is 0.347. The highest BCUT2D eigenvalue weighted by Gasteiger charge is 2.30. The molecule has 0 saturated carbocycles. The Labute approximate surface area is 221 Å². The summed E-state index contributed by atoms with van der Waals surface area (Å²) in [5, 5.41) is 9.00. The van der Waals surface area contributed by atoms with E-state index < -0.39 is 0 Å². The number of carbonyl (C=O) groups is 1. The number of nitrogens with one attached hydrogen (secondary N) is 1. The summed E-state index contributed by atoms with van der Waals surface area (Å²) in [6.45, 7) is 4.29. The maximum Gasteiger partial charge on any atom is 0.255 e. The van der Waals surface area contributed by atoms with Crippen molar-refractivity contribution in [2.75, 3.05) is 39.1 Å². The first-order valence-corrected chi connectivity index (χ1v) is 13.1. The zero-order chi connectivity index (χ0) is 26.1. The fourth-order valence-electron chi connectivity index (χ4n) is 5.34. The summed E-state index contributed by atoms with van der Waals surface area (Å²) in [7, 11) is 1.56. The molecule has 3 N–H and O–H groups in total. The lowest BCUT2D eigenvalue weighted by atomic mass is 10.0. The largest absolute Gasteiger partial charge is 0.496 e. The zero-order valence-electron chi connectivity index (χ0n) is 21.5. The zero-order valence-corrected chi connectivity index (χ0v) is 21.5. The van der Waals surface area contributed by atoms with Crippen LogP contribution in [-0.2, 0) is 11.3 Å². The molecule has 4 aromatic rings. The van der Waals surface area contributed by atoms with Gasteiger partial charge in [-0.3, -0.25) is 19.4 Å². The first-order valence-electron chi connectivity index (χ1n) is 13.1. The molecule has 4 heterocycles. The molecule has 0 spiro atoms. The first-order chi connectivity index (χ1) is 18.6. The summed E-state index contributed by atoms with van der Waals surface area (Å²) in [6.07, 6.45) is 6.13. The Morgan fingerprint density at radius 3 is 2.79 bits per heavy atom. The molecule has 38 heavy (non-hydrogen) atoms. The van der Waals surface area contributed by atoms with E-state index in [1.807, 2.05) is 42.6 Å². The van der Waals surface area contributed by atoms with Gasteiger partial charge in [-0.05, 0) is 37.1 Å². The topological polar surface area (TPSA) is 111 Å². The third kappa shape index (κ3) is 4.94. The average Bonchev–Trinajstić information content (AvgIpc) is 3.68. The van der Waals surface area contributed by atoms with Crippen molar-refractivity contribution < 1.29 is 14.3 Å². The molecule has 0 radical (unpaired) electrons. The molecule has 2 aromatic carbocycles. The highest BCUT2D eigenvalue weighted by Crippen LogP contribution is 2.35. The molecule has 6 rings (SSSR count). The van der Waals surface area contributed by atoms with Crippen LogP contribution < -0.4 is 15.8 Å². The fraction of sp³-hybridized carbons (Fsp3) is 0.345. The number of benzene rings is 2. The van der Waals surface area contributed by atoms with Gasteiger partial charge in [-0.2, -0.15) is 5.10 Å². The monoisotopic (exact) mass is 512 g/mol.